The molecular weight excluding hydrogens is 184 g/mol. The van der Waals surface area contributed by atoms with Gasteiger partial charge in [-0.15, -0.1) is 0 Å². The Labute approximate surface area is 95.6 Å². The largest absolute Gasteiger partial charge is 0.504 e. The Morgan fingerprint density at radius 3 is 1.73 bits per heavy atom. The fraction of sp³-hybridized carbons (Fsp3) is 0.857. The van der Waals surface area contributed by atoms with Gasteiger partial charge in [0.15, 0.2) is 6.26 Å². The minimum atomic E-state index is 0.979. The molecule has 0 aliphatic rings. The molecule has 1 heteroatoms. The molecule has 0 unspecified atom stereocenters. The van der Waals surface area contributed by atoms with Crippen LogP contribution in [0.5, 0.6) is 0 Å². The number of hydrogen-bond donors (Lipinski definition) is 1. The van der Waals surface area contributed by atoms with Crippen molar-refractivity contribution in [3.8, 4) is 0 Å². The van der Waals surface area contributed by atoms with Gasteiger partial charge >= 0.3 is 0 Å². The predicted molar refractivity (Wildman–Crippen MR) is 66.9 cm³/mol. The zero-order valence-corrected chi connectivity index (χ0v) is 10.3. The molecule has 1 N–H and O–H groups in total. The Morgan fingerprint density at radius 1 is 0.800 bits per heavy atom. The molecule has 89 valence electrons. The zero-order valence-electron chi connectivity index (χ0n) is 10.3. The lowest BCUT2D eigenvalue weighted by molar-refractivity contribution is 0.438. The predicted octanol–water partition coefficient (Wildman–Crippen LogP) is 5.17. The van der Waals surface area contributed by atoms with Gasteiger partial charge in [-0.3, -0.25) is 0 Å². The average molecular weight is 211 g/mol. The minimum Gasteiger partial charge on any atom is -0.504 e. The van der Waals surface area contributed by atoms with Crippen molar-refractivity contribution in [3.05, 3.63) is 12.3 Å². The van der Waals surface area contributed by atoms with Gasteiger partial charge < -0.3 is 5.11 Å². The molecule has 0 atom stereocenters. The van der Waals surface area contributed by atoms with E-state index in [0.29, 0.717) is 0 Å². The summed E-state index contributed by atoms with van der Waals surface area (Å²) in [5.74, 6) is 0. The molecule has 0 saturated heterocycles. The fourth-order valence-electron chi connectivity index (χ4n) is 1.80. The van der Waals surface area contributed by atoms with Gasteiger partial charge in [0, 0.05) is 0 Å². The highest BCUT2D eigenvalue weighted by atomic mass is 16.2. The van der Waals surface area contributed by atoms with Gasteiger partial charge in [0.2, 0.25) is 0 Å². The Balaban J connectivity index is 2.86. The van der Waals surface area contributed by atoms with Gasteiger partial charge in [0.05, 0.1) is 0 Å². The van der Waals surface area contributed by atoms with Crippen LogP contribution >= 0.6 is 0 Å². The number of unbranched alkanes of at least 4 members (excludes halogenated alkanes) is 10. The third kappa shape index (κ3) is 13.5. The Morgan fingerprint density at radius 2 is 1.27 bits per heavy atom. The third-order valence-electron chi connectivity index (χ3n) is 2.79. The molecule has 0 amide bonds. The molecule has 0 aromatic rings. The Hall–Kier alpha value is -0.460. The molecule has 15 heavy (non-hydrogen) atoms. The van der Waals surface area contributed by atoms with Gasteiger partial charge in [-0.05, 0) is 18.9 Å². The minimum absolute atomic E-state index is 0.979. The van der Waals surface area contributed by atoms with Crippen LogP contribution in [0.1, 0.15) is 77.6 Å². The van der Waals surface area contributed by atoms with E-state index in [9.17, 15) is 0 Å². The van der Waals surface area contributed by atoms with Gasteiger partial charge in [-0.1, -0.05) is 64.7 Å². The summed E-state index contributed by atoms with van der Waals surface area (Å²) in [5.41, 5.74) is 0. The first-order valence-corrected chi connectivity index (χ1v) is 6.63. The molecule has 1 radical (unpaired) electrons. The van der Waals surface area contributed by atoms with Crippen molar-refractivity contribution in [2.45, 2.75) is 77.6 Å². The third-order valence-corrected chi connectivity index (χ3v) is 2.79. The summed E-state index contributed by atoms with van der Waals surface area (Å²) in [6.07, 6.45) is 18.4. The molecule has 0 heterocycles. The monoisotopic (exact) mass is 211 g/mol. The maximum Gasteiger partial charge on any atom is 0.152 e. The average Bonchev–Trinajstić information content (AvgIpc) is 2.26. The van der Waals surface area contributed by atoms with E-state index in [1.54, 1.807) is 6.08 Å². The van der Waals surface area contributed by atoms with Crippen molar-refractivity contribution < 1.29 is 5.11 Å². The molecule has 0 aliphatic heterocycles. The van der Waals surface area contributed by atoms with Crippen LogP contribution in [0.25, 0.3) is 0 Å². The number of aliphatic hydroxyl groups is 1. The second-order valence-electron chi connectivity index (χ2n) is 4.30. The maximum absolute atomic E-state index is 8.30. The van der Waals surface area contributed by atoms with Crippen LogP contribution in [-0.4, -0.2) is 5.11 Å². The molecule has 0 rings (SSSR count). The summed E-state index contributed by atoms with van der Waals surface area (Å²) >= 11 is 0. The lowest BCUT2D eigenvalue weighted by Crippen LogP contribution is -1.81. The van der Waals surface area contributed by atoms with E-state index in [2.05, 4.69) is 13.2 Å². The van der Waals surface area contributed by atoms with Crippen LogP contribution in [0.15, 0.2) is 6.08 Å². The van der Waals surface area contributed by atoms with E-state index in [1.165, 1.54) is 64.2 Å². The fourth-order valence-corrected chi connectivity index (χ4v) is 1.80. The highest BCUT2D eigenvalue weighted by molar-refractivity contribution is 4.65. The SMILES string of the molecule is CCCCCCCCCCCC/C=[C]\O. The van der Waals surface area contributed by atoms with Crippen molar-refractivity contribution in [1.29, 1.82) is 0 Å². The molecule has 0 spiro atoms. The van der Waals surface area contributed by atoms with E-state index in [1.807, 2.05) is 0 Å². The normalized spacial score (nSPS) is 11.3. The number of hydrogen-bond acceptors (Lipinski definition) is 1. The van der Waals surface area contributed by atoms with Gasteiger partial charge in [-0.25, -0.2) is 0 Å². The molecular formula is C14H27O. The lowest BCUT2D eigenvalue weighted by atomic mass is 10.1. The van der Waals surface area contributed by atoms with Crippen LogP contribution in [-0.2, 0) is 0 Å². The Bertz CT molecular complexity index is 129. The second kappa shape index (κ2) is 13.5. The highest BCUT2D eigenvalue weighted by Crippen LogP contribution is 2.11. The van der Waals surface area contributed by atoms with Crippen LogP contribution < -0.4 is 0 Å². The summed E-state index contributed by atoms with van der Waals surface area (Å²) in [4.78, 5) is 0. The van der Waals surface area contributed by atoms with Crippen molar-refractivity contribution >= 4 is 0 Å². The first kappa shape index (κ1) is 14.5. The summed E-state index contributed by atoms with van der Waals surface area (Å²) in [5, 5.41) is 8.30. The van der Waals surface area contributed by atoms with Crippen molar-refractivity contribution in [3.63, 3.8) is 0 Å². The van der Waals surface area contributed by atoms with E-state index in [4.69, 9.17) is 5.11 Å². The molecule has 0 aliphatic carbocycles. The van der Waals surface area contributed by atoms with Gasteiger partial charge in [0.25, 0.3) is 0 Å². The molecule has 0 fully saturated rings. The second-order valence-corrected chi connectivity index (χ2v) is 4.30. The van der Waals surface area contributed by atoms with Crippen LogP contribution in [0, 0.1) is 6.26 Å². The molecule has 0 aromatic heterocycles. The molecule has 0 saturated carbocycles. The molecule has 0 bridgehead atoms. The first-order valence-electron chi connectivity index (χ1n) is 6.63. The summed E-state index contributed by atoms with van der Waals surface area (Å²) in [6, 6.07) is 0. The van der Waals surface area contributed by atoms with Crippen LogP contribution in [0.4, 0.5) is 0 Å². The van der Waals surface area contributed by atoms with Crippen LogP contribution in [0.2, 0.25) is 0 Å². The maximum atomic E-state index is 8.30. The number of allylic oxidation sites excluding steroid dienone is 1. The summed E-state index contributed by atoms with van der Waals surface area (Å²) in [7, 11) is 0. The molecule has 0 aromatic carbocycles. The van der Waals surface area contributed by atoms with E-state index in [0.717, 1.165) is 6.42 Å². The quantitative estimate of drug-likeness (QED) is 0.369. The van der Waals surface area contributed by atoms with Crippen molar-refractivity contribution in [1.82, 2.24) is 0 Å². The number of rotatable bonds is 11. The standard InChI is InChI=1S/C14H27O/c1-2-3-4-5-6-7-8-9-10-11-12-13-14-15/h13,15H,2-12H2,1H3. The highest BCUT2D eigenvalue weighted by Gasteiger charge is 1.91. The van der Waals surface area contributed by atoms with Gasteiger partial charge in [-0.2, -0.15) is 0 Å². The molecule has 1 nitrogen and oxygen atoms in total. The smallest absolute Gasteiger partial charge is 0.152 e. The van der Waals surface area contributed by atoms with Crippen LogP contribution in [0.3, 0.4) is 0 Å². The number of aliphatic hydroxyl groups excluding tert-OH is 1. The lowest BCUT2D eigenvalue weighted by Gasteiger charge is -2.00. The van der Waals surface area contributed by atoms with Crippen molar-refractivity contribution in [2.75, 3.05) is 0 Å². The topological polar surface area (TPSA) is 20.2 Å². The van der Waals surface area contributed by atoms with E-state index < -0.39 is 0 Å². The van der Waals surface area contributed by atoms with E-state index >= 15 is 0 Å². The van der Waals surface area contributed by atoms with Crippen molar-refractivity contribution in [2.24, 2.45) is 0 Å². The Kier molecular flexibility index (Phi) is 13.1. The summed E-state index contributed by atoms with van der Waals surface area (Å²) < 4.78 is 0. The van der Waals surface area contributed by atoms with E-state index in [-0.39, 0.29) is 0 Å². The summed E-state index contributed by atoms with van der Waals surface area (Å²) in [6.45, 7) is 2.26. The first-order chi connectivity index (χ1) is 7.41. The zero-order chi connectivity index (χ0) is 11.2. The van der Waals surface area contributed by atoms with Gasteiger partial charge in [0.1, 0.15) is 0 Å².